The topological polar surface area (TPSA) is 96.2 Å². The van der Waals surface area contributed by atoms with Crippen LogP contribution in [-0.4, -0.2) is 18.5 Å². The minimum atomic E-state index is -3.90. The summed E-state index contributed by atoms with van der Waals surface area (Å²) in [5.41, 5.74) is 2.34. The molecule has 0 aliphatic rings. The number of aromatic amines is 1. The third-order valence-corrected chi connectivity index (χ3v) is 4.50. The van der Waals surface area contributed by atoms with Gasteiger partial charge >= 0.3 is 0 Å². The molecule has 114 valence electrons. The van der Waals surface area contributed by atoms with E-state index in [1.807, 2.05) is 0 Å². The summed E-state index contributed by atoms with van der Waals surface area (Å²) in [4.78, 5) is 2.86. The van der Waals surface area contributed by atoms with Gasteiger partial charge in [0.05, 0.1) is 11.5 Å². The highest BCUT2D eigenvalue weighted by Crippen LogP contribution is 2.31. The fourth-order valence-electron chi connectivity index (χ4n) is 2.49. The van der Waals surface area contributed by atoms with Crippen LogP contribution in [0, 0.1) is 5.82 Å². The summed E-state index contributed by atoms with van der Waals surface area (Å²) in [6, 6.07) is 8.90. The van der Waals surface area contributed by atoms with Crippen LogP contribution >= 0.6 is 0 Å². The Morgan fingerprint density at radius 1 is 1.18 bits per heavy atom. The van der Waals surface area contributed by atoms with Gasteiger partial charge in [0, 0.05) is 22.7 Å². The maximum atomic E-state index is 13.2. The summed E-state index contributed by atoms with van der Waals surface area (Å²) < 4.78 is 36.2. The number of rotatable bonds is 3. The molecule has 0 saturated carbocycles. The highest BCUT2D eigenvalue weighted by atomic mass is 32.2. The number of benzene rings is 2. The summed E-state index contributed by atoms with van der Waals surface area (Å²) in [5, 5.41) is 15.3. The van der Waals surface area contributed by atoms with E-state index < -0.39 is 16.6 Å². The maximum Gasteiger partial charge on any atom is 0.238 e. The number of sulfonamides is 1. The van der Waals surface area contributed by atoms with Crippen molar-refractivity contribution in [3.63, 3.8) is 0 Å². The van der Waals surface area contributed by atoms with E-state index in [0.717, 1.165) is 10.9 Å². The second-order valence-corrected chi connectivity index (χ2v) is 6.45. The predicted molar refractivity (Wildman–Crippen MR) is 81.0 cm³/mol. The number of aromatic nitrogens is 1. The molecule has 0 amide bonds. The molecule has 0 spiro atoms. The number of fused-ring (bicyclic) bond motifs is 1. The number of hydrogen-bond donors (Lipinski definition) is 3. The van der Waals surface area contributed by atoms with Crippen LogP contribution in [0.3, 0.4) is 0 Å². The lowest BCUT2D eigenvalue weighted by Gasteiger charge is -2.08. The summed E-state index contributed by atoms with van der Waals surface area (Å²) in [5.74, 6) is -0.346. The third kappa shape index (κ3) is 2.50. The summed E-state index contributed by atoms with van der Waals surface area (Å²) in [7, 11) is -3.90. The van der Waals surface area contributed by atoms with E-state index in [0.29, 0.717) is 11.1 Å². The normalized spacial score (nSPS) is 12.0. The number of nitrogens with one attached hydrogen (secondary N) is 1. The average molecular weight is 320 g/mol. The molecular weight excluding hydrogens is 307 g/mol. The van der Waals surface area contributed by atoms with Crippen molar-refractivity contribution in [3.05, 3.63) is 54.0 Å². The molecule has 4 N–H and O–H groups in total. The standard InChI is InChI=1S/C15H13FN2O3S/c16-11-2-3-12-13(7-18-14(12)6-11)9-1-4-15(22(17,20)21)10(5-9)8-19/h1-7,18-19H,8H2,(H2,17,20,21). The molecule has 7 heteroatoms. The van der Waals surface area contributed by atoms with Gasteiger partial charge in [-0.15, -0.1) is 0 Å². The Balaban J connectivity index is 2.19. The maximum absolute atomic E-state index is 13.2. The van der Waals surface area contributed by atoms with Crippen molar-refractivity contribution < 1.29 is 17.9 Å². The van der Waals surface area contributed by atoms with E-state index in [2.05, 4.69) is 4.98 Å². The summed E-state index contributed by atoms with van der Waals surface area (Å²) >= 11 is 0. The Hall–Kier alpha value is -2.22. The van der Waals surface area contributed by atoms with Crippen LogP contribution in [0.25, 0.3) is 22.0 Å². The molecule has 0 atom stereocenters. The molecular formula is C15H13FN2O3S. The van der Waals surface area contributed by atoms with Gasteiger partial charge in [-0.1, -0.05) is 6.07 Å². The minimum Gasteiger partial charge on any atom is -0.392 e. The average Bonchev–Trinajstić information content (AvgIpc) is 2.88. The predicted octanol–water partition coefficient (Wildman–Crippen LogP) is 2.11. The van der Waals surface area contributed by atoms with Crippen LogP contribution in [0.2, 0.25) is 0 Å². The molecule has 0 aliphatic carbocycles. The molecule has 0 aliphatic heterocycles. The van der Waals surface area contributed by atoms with E-state index in [1.165, 1.54) is 18.2 Å². The molecule has 1 heterocycles. The first-order valence-electron chi connectivity index (χ1n) is 6.44. The Kier molecular flexibility index (Phi) is 3.48. The zero-order valence-corrected chi connectivity index (χ0v) is 12.2. The van der Waals surface area contributed by atoms with Gasteiger partial charge < -0.3 is 10.1 Å². The zero-order valence-electron chi connectivity index (χ0n) is 11.4. The highest BCUT2D eigenvalue weighted by molar-refractivity contribution is 7.89. The van der Waals surface area contributed by atoms with Crippen molar-refractivity contribution in [1.29, 1.82) is 0 Å². The Morgan fingerprint density at radius 2 is 1.95 bits per heavy atom. The number of halogens is 1. The van der Waals surface area contributed by atoms with Crippen molar-refractivity contribution in [2.24, 2.45) is 5.14 Å². The smallest absolute Gasteiger partial charge is 0.238 e. The van der Waals surface area contributed by atoms with E-state index in [4.69, 9.17) is 5.14 Å². The first-order valence-corrected chi connectivity index (χ1v) is 7.98. The van der Waals surface area contributed by atoms with Crippen molar-refractivity contribution in [3.8, 4) is 11.1 Å². The third-order valence-electron chi connectivity index (χ3n) is 3.49. The van der Waals surface area contributed by atoms with Gasteiger partial charge in [-0.2, -0.15) is 0 Å². The van der Waals surface area contributed by atoms with Gasteiger partial charge in [-0.25, -0.2) is 17.9 Å². The molecule has 3 rings (SSSR count). The lowest BCUT2D eigenvalue weighted by molar-refractivity contribution is 0.278. The molecule has 0 bridgehead atoms. The Labute approximate surface area is 126 Å². The molecule has 3 aromatic rings. The largest absolute Gasteiger partial charge is 0.392 e. The van der Waals surface area contributed by atoms with Crippen LogP contribution < -0.4 is 5.14 Å². The summed E-state index contributed by atoms with van der Waals surface area (Å²) in [6.45, 7) is -0.448. The number of nitrogens with two attached hydrogens (primary N) is 1. The van der Waals surface area contributed by atoms with Crippen LogP contribution in [-0.2, 0) is 16.6 Å². The number of aliphatic hydroxyl groups is 1. The fraction of sp³-hybridized carbons (Fsp3) is 0.0667. The second kappa shape index (κ2) is 5.20. The van der Waals surface area contributed by atoms with Gasteiger partial charge in [0.1, 0.15) is 5.82 Å². The van der Waals surface area contributed by atoms with Crippen LogP contribution in [0.1, 0.15) is 5.56 Å². The van der Waals surface area contributed by atoms with Gasteiger partial charge in [0.15, 0.2) is 0 Å². The number of aliphatic hydroxyl groups excluding tert-OH is 1. The number of primary sulfonamides is 1. The van der Waals surface area contributed by atoms with E-state index in [1.54, 1.807) is 24.4 Å². The van der Waals surface area contributed by atoms with Crippen molar-refractivity contribution in [2.75, 3.05) is 0 Å². The van der Waals surface area contributed by atoms with Gasteiger partial charge in [0.25, 0.3) is 0 Å². The molecule has 22 heavy (non-hydrogen) atoms. The number of H-pyrrole nitrogens is 1. The van der Waals surface area contributed by atoms with Gasteiger partial charge in [-0.05, 0) is 41.5 Å². The zero-order chi connectivity index (χ0) is 15.9. The van der Waals surface area contributed by atoms with Crippen molar-refractivity contribution in [2.45, 2.75) is 11.5 Å². The second-order valence-electron chi connectivity index (χ2n) is 4.92. The molecule has 1 aromatic heterocycles. The van der Waals surface area contributed by atoms with Crippen molar-refractivity contribution in [1.82, 2.24) is 4.98 Å². The molecule has 0 saturated heterocycles. The number of hydrogen-bond acceptors (Lipinski definition) is 3. The first kappa shape index (κ1) is 14.7. The van der Waals surface area contributed by atoms with Crippen molar-refractivity contribution >= 4 is 20.9 Å². The Morgan fingerprint density at radius 3 is 2.64 bits per heavy atom. The molecule has 0 radical (unpaired) electrons. The molecule has 0 unspecified atom stereocenters. The molecule has 2 aromatic carbocycles. The quantitative estimate of drug-likeness (QED) is 0.689. The molecule has 5 nitrogen and oxygen atoms in total. The van der Waals surface area contributed by atoms with Crippen LogP contribution in [0.15, 0.2) is 47.5 Å². The fourth-order valence-corrected chi connectivity index (χ4v) is 3.23. The lowest BCUT2D eigenvalue weighted by atomic mass is 10.0. The lowest BCUT2D eigenvalue weighted by Crippen LogP contribution is -2.14. The molecule has 0 fully saturated rings. The van der Waals surface area contributed by atoms with E-state index in [9.17, 15) is 17.9 Å². The van der Waals surface area contributed by atoms with Crippen LogP contribution in [0.4, 0.5) is 4.39 Å². The van der Waals surface area contributed by atoms with E-state index >= 15 is 0 Å². The summed E-state index contributed by atoms with van der Waals surface area (Å²) in [6.07, 6.45) is 1.71. The first-order chi connectivity index (χ1) is 10.4. The van der Waals surface area contributed by atoms with Gasteiger partial charge in [0.2, 0.25) is 10.0 Å². The Bertz CT molecular complexity index is 964. The van der Waals surface area contributed by atoms with Crippen LogP contribution in [0.5, 0.6) is 0 Å². The highest BCUT2D eigenvalue weighted by Gasteiger charge is 2.15. The minimum absolute atomic E-state index is 0.107. The SMILES string of the molecule is NS(=O)(=O)c1ccc(-c2c[nH]c3cc(F)ccc23)cc1CO. The van der Waals surface area contributed by atoms with E-state index in [-0.39, 0.29) is 16.3 Å². The monoisotopic (exact) mass is 320 g/mol. The van der Waals surface area contributed by atoms with Gasteiger partial charge in [-0.3, -0.25) is 0 Å².